The first kappa shape index (κ1) is 20.2. The molecule has 0 saturated carbocycles. The van der Waals surface area contributed by atoms with Crippen molar-refractivity contribution in [3.05, 3.63) is 29.3 Å². The normalized spacial score (nSPS) is 20.0. The molecule has 2 heterocycles. The van der Waals surface area contributed by atoms with Gasteiger partial charge in [0.05, 0.1) is 10.6 Å². The zero-order valence-corrected chi connectivity index (χ0v) is 17.7. The van der Waals surface area contributed by atoms with Crippen LogP contribution in [-0.2, 0) is 26.0 Å². The van der Waals surface area contributed by atoms with E-state index in [1.54, 1.807) is 12.1 Å². The Balaban J connectivity index is 1.83. The molecule has 1 aromatic carbocycles. The molecule has 2 aliphatic rings. The molecule has 1 aromatic rings. The molecule has 1 atom stereocenters. The monoisotopic (exact) mass is 504 g/mol. The van der Waals surface area contributed by atoms with Gasteiger partial charge in [-0.05, 0) is 35.8 Å². The number of carbonyl (C=O) groups excluding carboxylic acids is 3. The Kier molecular flexibility index (Phi) is 6.19. The summed E-state index contributed by atoms with van der Waals surface area (Å²) in [4.78, 5) is 37.8. The lowest BCUT2D eigenvalue weighted by Crippen LogP contribution is -2.52. The molecule has 0 radical (unpaired) electrons. The molecular weight excluding hydrogens is 483 g/mol. The van der Waals surface area contributed by atoms with Crippen molar-refractivity contribution in [2.24, 2.45) is 0 Å². The third-order valence-corrected chi connectivity index (χ3v) is 7.56. The minimum absolute atomic E-state index is 0.0483. The Labute approximate surface area is 171 Å². The minimum atomic E-state index is -3.50. The zero-order chi connectivity index (χ0) is 19.6. The van der Waals surface area contributed by atoms with Gasteiger partial charge in [-0.1, -0.05) is 35.1 Å². The molecule has 1 unspecified atom stereocenters. The Morgan fingerprint density at radius 2 is 1.93 bits per heavy atom. The Hall–Kier alpha value is -1.49. The van der Waals surface area contributed by atoms with Crippen LogP contribution in [0.2, 0.25) is 0 Å². The highest BCUT2D eigenvalue weighted by molar-refractivity contribution is 14.1. The van der Waals surface area contributed by atoms with E-state index in [2.05, 4.69) is 27.9 Å². The van der Waals surface area contributed by atoms with Crippen molar-refractivity contribution < 1.29 is 22.8 Å². The van der Waals surface area contributed by atoms with Crippen molar-refractivity contribution >= 4 is 50.1 Å². The fraction of sp³-hybridized carbons (Fsp3) is 0.500. The number of nitrogens with zero attached hydrogens (tertiary/aromatic N) is 1. The number of sulfone groups is 1. The number of carbonyl (C=O) groups is 3. The Bertz CT molecular complexity index is 884. The highest BCUT2D eigenvalue weighted by atomic mass is 127. The molecule has 1 N–H and O–H groups in total. The standard InChI is InChI=1S/C18H21IN2O5S/c19-9-2-1-3-10-27(25,26)15-6-4-5-12-13(15)11-21(18(12)24)14-7-8-16(22)20-17(14)23/h4-6,14H,1-3,7-11H2,(H,20,22,23). The average Bonchev–Trinajstić information content (AvgIpc) is 2.95. The second-order valence-corrected chi connectivity index (χ2v) is 9.91. The molecule has 7 nitrogen and oxygen atoms in total. The Morgan fingerprint density at radius 1 is 1.15 bits per heavy atom. The molecular formula is C18H21IN2O5S. The fourth-order valence-corrected chi connectivity index (χ4v) is 5.70. The molecule has 0 bridgehead atoms. The number of nitrogens with one attached hydrogen (secondary N) is 1. The van der Waals surface area contributed by atoms with Gasteiger partial charge < -0.3 is 4.90 Å². The first-order valence-electron chi connectivity index (χ1n) is 8.90. The van der Waals surface area contributed by atoms with E-state index >= 15 is 0 Å². The van der Waals surface area contributed by atoms with Gasteiger partial charge in [0.25, 0.3) is 5.91 Å². The largest absolute Gasteiger partial charge is 0.322 e. The second-order valence-electron chi connectivity index (χ2n) is 6.75. The van der Waals surface area contributed by atoms with Crippen LogP contribution in [0.4, 0.5) is 0 Å². The summed E-state index contributed by atoms with van der Waals surface area (Å²) >= 11 is 2.27. The second kappa shape index (κ2) is 8.26. The molecule has 9 heteroatoms. The van der Waals surface area contributed by atoms with Crippen LogP contribution < -0.4 is 5.32 Å². The van der Waals surface area contributed by atoms with E-state index in [1.165, 1.54) is 11.0 Å². The van der Waals surface area contributed by atoms with Gasteiger partial charge in [0.2, 0.25) is 11.8 Å². The summed E-state index contributed by atoms with van der Waals surface area (Å²) in [5, 5.41) is 2.25. The van der Waals surface area contributed by atoms with E-state index in [0.717, 1.165) is 17.3 Å². The maximum atomic E-state index is 12.8. The van der Waals surface area contributed by atoms with E-state index in [-0.39, 0.29) is 41.8 Å². The third kappa shape index (κ3) is 4.18. The SMILES string of the molecule is O=C1CCC(N2Cc3c(cccc3S(=O)(=O)CCCCCI)C2=O)C(=O)N1. The third-order valence-electron chi connectivity index (χ3n) is 4.92. The van der Waals surface area contributed by atoms with Crippen LogP contribution in [0.5, 0.6) is 0 Å². The molecule has 146 valence electrons. The van der Waals surface area contributed by atoms with Crippen molar-refractivity contribution in [1.29, 1.82) is 0 Å². The summed E-state index contributed by atoms with van der Waals surface area (Å²) in [6, 6.07) is 3.95. The lowest BCUT2D eigenvalue weighted by atomic mass is 10.0. The molecule has 3 amide bonds. The highest BCUT2D eigenvalue weighted by Gasteiger charge is 2.40. The zero-order valence-electron chi connectivity index (χ0n) is 14.7. The van der Waals surface area contributed by atoms with Gasteiger partial charge >= 0.3 is 0 Å². The number of hydrogen-bond donors (Lipinski definition) is 1. The van der Waals surface area contributed by atoms with E-state index in [1.807, 2.05) is 0 Å². The first-order valence-corrected chi connectivity index (χ1v) is 12.1. The first-order chi connectivity index (χ1) is 12.8. The summed E-state index contributed by atoms with van der Waals surface area (Å²) in [7, 11) is -3.50. The smallest absolute Gasteiger partial charge is 0.255 e. The van der Waals surface area contributed by atoms with Gasteiger partial charge in [0, 0.05) is 24.1 Å². The van der Waals surface area contributed by atoms with Crippen molar-refractivity contribution in [3.63, 3.8) is 0 Å². The van der Waals surface area contributed by atoms with E-state index < -0.39 is 21.8 Å². The molecule has 27 heavy (non-hydrogen) atoms. The lowest BCUT2D eigenvalue weighted by molar-refractivity contribution is -0.136. The van der Waals surface area contributed by atoms with E-state index in [4.69, 9.17) is 0 Å². The van der Waals surface area contributed by atoms with Crippen LogP contribution in [0.1, 0.15) is 48.0 Å². The Morgan fingerprint density at radius 3 is 2.63 bits per heavy atom. The predicted molar refractivity (Wildman–Crippen MR) is 107 cm³/mol. The summed E-state index contributed by atoms with van der Waals surface area (Å²) in [6.07, 6.45) is 2.82. The molecule has 1 saturated heterocycles. The minimum Gasteiger partial charge on any atom is -0.322 e. The topological polar surface area (TPSA) is 101 Å². The number of halogens is 1. The van der Waals surface area contributed by atoms with Gasteiger partial charge in [-0.3, -0.25) is 19.7 Å². The highest BCUT2D eigenvalue weighted by Crippen LogP contribution is 2.32. The summed E-state index contributed by atoms with van der Waals surface area (Å²) in [5.74, 6) is -1.17. The van der Waals surface area contributed by atoms with Crippen molar-refractivity contribution in [2.45, 2.75) is 49.6 Å². The van der Waals surface area contributed by atoms with E-state index in [9.17, 15) is 22.8 Å². The number of imide groups is 1. The lowest BCUT2D eigenvalue weighted by Gasteiger charge is -2.29. The average molecular weight is 504 g/mol. The number of fused-ring (bicyclic) bond motifs is 1. The number of benzene rings is 1. The molecule has 1 fully saturated rings. The van der Waals surface area contributed by atoms with Crippen LogP contribution in [0.3, 0.4) is 0 Å². The maximum Gasteiger partial charge on any atom is 0.255 e. The van der Waals surface area contributed by atoms with Gasteiger partial charge in [-0.2, -0.15) is 0 Å². The molecule has 0 aromatic heterocycles. The summed E-state index contributed by atoms with van der Waals surface area (Å²) in [5.41, 5.74) is 0.786. The van der Waals surface area contributed by atoms with Crippen LogP contribution in [0.15, 0.2) is 23.1 Å². The number of amides is 3. The number of unbranched alkanes of at least 4 members (excludes halogenated alkanes) is 2. The number of piperidine rings is 1. The fourth-order valence-electron chi connectivity index (χ4n) is 3.52. The van der Waals surface area contributed by atoms with Crippen LogP contribution in [0.25, 0.3) is 0 Å². The van der Waals surface area contributed by atoms with Gasteiger partial charge in [-0.15, -0.1) is 0 Å². The molecule has 3 rings (SSSR count). The number of alkyl halides is 1. The van der Waals surface area contributed by atoms with Crippen LogP contribution in [0, 0.1) is 0 Å². The molecule has 0 aliphatic carbocycles. The molecule has 0 spiro atoms. The van der Waals surface area contributed by atoms with Gasteiger partial charge in [-0.25, -0.2) is 8.42 Å². The summed E-state index contributed by atoms with van der Waals surface area (Å²) in [6.45, 7) is 0.0730. The van der Waals surface area contributed by atoms with Crippen molar-refractivity contribution in [3.8, 4) is 0 Å². The predicted octanol–water partition coefficient (Wildman–Crippen LogP) is 1.83. The maximum absolute atomic E-state index is 12.8. The van der Waals surface area contributed by atoms with Crippen molar-refractivity contribution in [2.75, 3.05) is 10.2 Å². The molecule has 2 aliphatic heterocycles. The summed E-state index contributed by atoms with van der Waals surface area (Å²) < 4.78 is 26.6. The van der Waals surface area contributed by atoms with Crippen LogP contribution >= 0.6 is 22.6 Å². The van der Waals surface area contributed by atoms with Gasteiger partial charge in [0.15, 0.2) is 9.84 Å². The quantitative estimate of drug-likeness (QED) is 0.264. The van der Waals surface area contributed by atoms with Crippen molar-refractivity contribution in [1.82, 2.24) is 10.2 Å². The van der Waals surface area contributed by atoms with Gasteiger partial charge in [0.1, 0.15) is 6.04 Å². The number of rotatable bonds is 7. The van der Waals surface area contributed by atoms with E-state index in [0.29, 0.717) is 17.5 Å². The van der Waals surface area contributed by atoms with Crippen LogP contribution in [-0.4, -0.2) is 47.3 Å². The number of hydrogen-bond acceptors (Lipinski definition) is 5.